The molecular formula is C57H49Cl3F10N10O9S21. The van der Waals surface area contributed by atoms with E-state index >= 15 is 4.39 Å². The van der Waals surface area contributed by atoms with Gasteiger partial charge in [0.1, 0.15) is 46.8 Å². The Bertz CT molecular complexity index is 5540. The molecule has 0 radical (unpaired) electrons. The molecule has 2 aliphatic heterocycles. The van der Waals surface area contributed by atoms with Crippen LogP contribution in [0, 0.1) is 11.6 Å². The van der Waals surface area contributed by atoms with Gasteiger partial charge in [0.2, 0.25) is 17.7 Å². The predicted molar refractivity (Wildman–Crippen MR) is 458 cm³/mol. The standard InChI is InChI=1S/C28H21ClF5N5O4S.C19H17ClF2N2O2.C9H6F3N3O3S.CH4.ClH.S10.S9/c29-17-5-4-13(26(35)42)6-16(17)15-3-1-2-12(23(15)31)7-20(40)18-8-14(30)10-38(18)22(41)11-39-19-9-21(28(32,33)34)44-25(19)24(37-39)27(36)43;20-15-5-4-11(19(23)26)6-14(15)13-3-1-2-10(18(13)22)7-17(25)16-8-12(21)9-24-16;10-9(11,12)4-1-3-7(19-4)6(8(13)18)14-15(3)2-5(16)17;;;1-3-5-7-9-10-8-6-4-2;1-3-5-7-9-8-6-4-2/h1-6,9,14,18H,7-8,10-11H2,(H2,35,42)(H2,36,43);1-6,12,16,24H,7-9H2,(H2,23,26);1H,2H2,(H2,13,18)(H,16,17);1H4;1H;;/t14-,18+;12-,16+;;;;;/m11...../s1. The molecule has 10 N–H and O–H groups in total. The molecule has 0 spiro atoms. The quantitative estimate of drug-likeness (QED) is 0.0490. The number of nitrogens with two attached hydrogens (primary N) is 4. The molecule has 2 saturated heterocycles. The van der Waals surface area contributed by atoms with Gasteiger partial charge in [0, 0.05) is 254 Å². The SMILES string of the molecule is C.Cl.NC(=O)c1ccc(Cl)c(-c2cccc(CC(=O)[C@@H]3C[C@@H](F)CN3)c2F)c1.NC(=O)c1ccc(Cl)c(-c2cccc(CC(=O)[C@@H]3C[C@@H](F)CN3C(=O)Cn3nc(C(N)=O)c4sc(C(F)(F)F)cc43)c2F)c1.NC(=O)c1nn(CC(=O)O)c2cc(C(F)(F)F)sc12.S=S=S=S=S=S=S=S=S.S=S=S=S=S=S=S=S=S=S. The zero-order chi connectivity index (χ0) is 79.9. The van der Waals surface area contributed by atoms with Crippen LogP contribution >= 0.6 is 58.3 Å². The average molecular weight is 1990 g/mol. The number of thiophene rings is 2. The number of rotatable bonds is 16. The van der Waals surface area contributed by atoms with Crippen LogP contribution in [0.2, 0.25) is 10.0 Å². The monoisotopic (exact) mass is 1980 g/mol. The Morgan fingerprint density at radius 2 is 0.936 bits per heavy atom. The number of hydrogen-bond acceptors (Lipinski definition) is 17. The number of halogens is 13. The number of ketones is 2. The topological polar surface area (TPSA) is 312 Å². The van der Waals surface area contributed by atoms with Crippen molar-refractivity contribution in [3.8, 4) is 22.3 Å². The van der Waals surface area contributed by atoms with E-state index in [1.54, 1.807) is 104 Å². The molecule has 598 valence electrons. The Hall–Kier alpha value is -4.31. The second kappa shape index (κ2) is 47.0. The van der Waals surface area contributed by atoms with Crippen molar-refractivity contribution in [2.75, 3.05) is 13.1 Å². The molecule has 53 heteroatoms. The molecule has 4 aromatic heterocycles. The highest BCUT2D eigenvalue weighted by atomic mass is 35.5. The lowest BCUT2D eigenvalue weighted by molar-refractivity contribution is -0.138. The summed E-state index contributed by atoms with van der Waals surface area (Å²) in [4.78, 5) is 94.3. The lowest BCUT2D eigenvalue weighted by Crippen LogP contribution is -2.43. The summed E-state index contributed by atoms with van der Waals surface area (Å²) in [6, 6.07) is 16.8. The third-order valence-corrected chi connectivity index (χ3v) is 46.1. The maximum atomic E-state index is 15.6. The molecule has 0 saturated carbocycles. The van der Waals surface area contributed by atoms with Crippen molar-refractivity contribution in [2.24, 2.45) is 22.9 Å². The van der Waals surface area contributed by atoms with Crippen LogP contribution in [0.5, 0.6) is 0 Å². The number of alkyl halides is 8. The molecule has 0 bridgehead atoms. The zero-order valence-electron chi connectivity index (χ0n) is 53.3. The molecule has 0 aliphatic carbocycles. The fourth-order valence-electron chi connectivity index (χ4n) is 9.78. The van der Waals surface area contributed by atoms with E-state index < -0.39 is 131 Å². The number of primary amides is 4. The van der Waals surface area contributed by atoms with Crippen molar-refractivity contribution >= 4 is 304 Å². The normalized spacial score (nSPS) is 14.6. The average Bonchev–Trinajstić information content (AvgIpc) is 1.61. The zero-order valence-corrected chi connectivity index (χ0v) is 72.8. The number of amides is 5. The molecule has 6 heterocycles. The van der Waals surface area contributed by atoms with Crippen LogP contribution in [0.4, 0.5) is 43.9 Å². The van der Waals surface area contributed by atoms with E-state index in [1.807, 2.05) is 0 Å². The van der Waals surface area contributed by atoms with Crippen molar-refractivity contribution in [1.82, 2.24) is 29.8 Å². The van der Waals surface area contributed by atoms with Crippen LogP contribution in [0.3, 0.4) is 0 Å². The molecule has 2 aliphatic rings. The third-order valence-electron chi connectivity index (χ3n) is 14.2. The Balaban J connectivity index is 0.000000328. The van der Waals surface area contributed by atoms with Gasteiger partial charge in [-0.3, -0.25) is 47.7 Å². The first kappa shape index (κ1) is 98.1. The molecular weight excluding hydrogens is 1940 g/mol. The van der Waals surface area contributed by atoms with E-state index in [-0.39, 0.29) is 138 Å². The molecule has 19 nitrogen and oxygen atoms in total. The summed E-state index contributed by atoms with van der Waals surface area (Å²) in [5.41, 5.74) is 20.8. The van der Waals surface area contributed by atoms with Gasteiger partial charge in [-0.05, 0) is 59.7 Å². The van der Waals surface area contributed by atoms with Crippen molar-refractivity contribution in [3.63, 3.8) is 0 Å². The number of hydrogen-bond donors (Lipinski definition) is 6. The molecule has 10 rings (SSSR count). The van der Waals surface area contributed by atoms with E-state index in [0.29, 0.717) is 16.9 Å². The Morgan fingerprint density at radius 1 is 0.545 bits per heavy atom. The Kier molecular flexibility index (Phi) is 41.9. The summed E-state index contributed by atoms with van der Waals surface area (Å²) >= 11 is 31.5. The highest BCUT2D eigenvalue weighted by Gasteiger charge is 2.41. The number of nitrogens with one attached hydrogen (secondary N) is 1. The van der Waals surface area contributed by atoms with Gasteiger partial charge < -0.3 is 38.3 Å². The number of carboxylic acid groups (broad SMARTS) is 1. The van der Waals surface area contributed by atoms with Crippen LogP contribution in [0.15, 0.2) is 84.9 Å². The number of aromatic nitrogens is 4. The van der Waals surface area contributed by atoms with Gasteiger partial charge in [0.25, 0.3) is 11.8 Å². The summed E-state index contributed by atoms with van der Waals surface area (Å²) in [5.74, 6) is -8.06. The van der Waals surface area contributed by atoms with E-state index in [0.717, 1.165) is 26.4 Å². The first-order valence-electron chi connectivity index (χ1n) is 28.6. The molecule has 8 aromatic rings. The summed E-state index contributed by atoms with van der Waals surface area (Å²) in [7, 11) is 23.6. The van der Waals surface area contributed by atoms with Crippen LogP contribution in [-0.2, 0) is 235 Å². The van der Waals surface area contributed by atoms with Crippen LogP contribution in [0.25, 0.3) is 42.7 Å². The smallest absolute Gasteiger partial charge is 0.425 e. The van der Waals surface area contributed by atoms with Crippen molar-refractivity contribution in [2.45, 2.75) is 83.0 Å². The number of Topliss-reactive ketones (excluding diaryl/α,β-unsaturated/α-hetero) is 2. The minimum absolute atomic E-state index is 0. The van der Waals surface area contributed by atoms with E-state index in [1.165, 1.54) is 102 Å². The number of carboxylic acids is 1. The number of nitrogens with zero attached hydrogens (tertiary/aromatic N) is 5. The first-order valence-corrected chi connectivity index (χ1v) is 53.7. The fraction of sp³-hybridized carbons (Fsp3) is 0.263. The van der Waals surface area contributed by atoms with Crippen LogP contribution < -0.4 is 28.3 Å². The maximum absolute atomic E-state index is 15.6. The molecule has 4 atom stereocenters. The van der Waals surface area contributed by atoms with Gasteiger partial charge in [0.15, 0.2) is 23.0 Å². The largest absolute Gasteiger partial charge is 0.480 e. The van der Waals surface area contributed by atoms with Gasteiger partial charge >= 0.3 is 18.3 Å². The van der Waals surface area contributed by atoms with Crippen molar-refractivity contribution < 1.29 is 87.4 Å². The molecule has 0 unspecified atom stereocenters. The summed E-state index contributed by atoms with van der Waals surface area (Å²) in [6.07, 6.45) is -12.9. The molecule has 4 aromatic carbocycles. The number of carbonyl (C=O) groups excluding carboxylic acids is 7. The van der Waals surface area contributed by atoms with Gasteiger partial charge in [-0.2, -0.15) is 36.5 Å². The Labute approximate surface area is 703 Å². The van der Waals surface area contributed by atoms with Gasteiger partial charge in [-0.1, -0.05) is 67.0 Å². The minimum Gasteiger partial charge on any atom is -0.480 e. The maximum Gasteiger partial charge on any atom is 0.425 e. The minimum atomic E-state index is -4.73. The van der Waals surface area contributed by atoms with Gasteiger partial charge in [-0.15, -0.1) is 35.1 Å². The van der Waals surface area contributed by atoms with Crippen molar-refractivity contribution in [1.29, 1.82) is 0 Å². The van der Waals surface area contributed by atoms with E-state index in [9.17, 15) is 77.9 Å². The number of aliphatic carboxylic acids is 1. The molecule has 5 amide bonds. The first-order chi connectivity index (χ1) is 51.0. The molecule has 110 heavy (non-hydrogen) atoms. The van der Waals surface area contributed by atoms with Crippen LogP contribution in [-0.4, -0.2) is 114 Å². The number of carbonyl (C=O) groups is 8. The third kappa shape index (κ3) is 28.6. The number of likely N-dealkylation sites (tertiary alicyclic amines) is 1. The molecule has 2 fully saturated rings. The summed E-state index contributed by atoms with van der Waals surface area (Å²) < 4.78 is 138. The fourth-order valence-corrected chi connectivity index (χ4v) is 42.4. The predicted octanol–water partition coefficient (Wildman–Crippen LogP) is 9.89. The van der Waals surface area contributed by atoms with Crippen LogP contribution in [0.1, 0.15) is 82.8 Å². The van der Waals surface area contributed by atoms with E-state index in [2.05, 4.69) is 60.3 Å². The highest BCUT2D eigenvalue weighted by Crippen LogP contribution is 2.42. The lowest BCUT2D eigenvalue weighted by Gasteiger charge is -2.23. The second-order valence-electron chi connectivity index (χ2n) is 21.0. The second-order valence-corrected chi connectivity index (χ2v) is 50.4. The number of fused-ring (bicyclic) bond motifs is 2. The van der Waals surface area contributed by atoms with E-state index in [4.69, 9.17) is 51.2 Å². The summed E-state index contributed by atoms with van der Waals surface area (Å²) in [6.45, 7) is -1.73. The number of benzene rings is 4. The lowest BCUT2D eigenvalue weighted by atomic mass is 9.96. The van der Waals surface area contributed by atoms with Crippen molar-refractivity contribution in [3.05, 3.63) is 150 Å². The Morgan fingerprint density at radius 3 is 1.29 bits per heavy atom. The van der Waals surface area contributed by atoms with Gasteiger partial charge in [-0.25, -0.2) is 17.6 Å². The van der Waals surface area contributed by atoms with Gasteiger partial charge in [0.05, 0.1) is 39.1 Å². The summed E-state index contributed by atoms with van der Waals surface area (Å²) in [5, 5.41) is 19.3. The highest BCUT2D eigenvalue weighted by molar-refractivity contribution is 8.73.